The second-order valence-corrected chi connectivity index (χ2v) is 2.59. The molecule has 52 valence electrons. The Kier molecular flexibility index (Phi) is 2.22. The summed E-state index contributed by atoms with van der Waals surface area (Å²) in [5.41, 5.74) is 0. The van der Waals surface area contributed by atoms with Gasteiger partial charge in [-0.2, -0.15) is 0 Å². The molecule has 1 saturated carbocycles. The van der Waals surface area contributed by atoms with E-state index in [2.05, 4.69) is 5.32 Å². The van der Waals surface area contributed by atoms with Gasteiger partial charge in [-0.1, -0.05) is 6.92 Å². The summed E-state index contributed by atoms with van der Waals surface area (Å²) in [4.78, 5) is 10.2. The maximum absolute atomic E-state index is 10.2. The average Bonchev–Trinajstić information content (AvgIpc) is 2.66. The van der Waals surface area contributed by atoms with Crippen molar-refractivity contribution in [2.24, 2.45) is 0 Å². The summed E-state index contributed by atoms with van der Waals surface area (Å²) in [5.74, 6) is 0. The second-order valence-electron chi connectivity index (χ2n) is 2.59. The summed E-state index contributed by atoms with van der Waals surface area (Å²) >= 11 is 0. The highest BCUT2D eigenvalue weighted by Gasteiger charge is 2.23. The fourth-order valence-electron chi connectivity index (χ4n) is 0.806. The molecular formula is C7H13NO. The van der Waals surface area contributed by atoms with E-state index in [0.29, 0.717) is 6.04 Å². The molecule has 9 heavy (non-hydrogen) atoms. The summed E-state index contributed by atoms with van der Waals surface area (Å²) in [6.45, 7) is 2.02. The molecular weight excluding hydrogens is 114 g/mol. The zero-order chi connectivity index (χ0) is 6.69. The quantitative estimate of drug-likeness (QED) is 0.564. The molecule has 0 amide bonds. The van der Waals surface area contributed by atoms with Crippen LogP contribution >= 0.6 is 0 Å². The topological polar surface area (TPSA) is 29.1 Å². The van der Waals surface area contributed by atoms with Gasteiger partial charge in [0.2, 0.25) is 0 Å². The van der Waals surface area contributed by atoms with E-state index in [1.807, 2.05) is 6.92 Å². The van der Waals surface area contributed by atoms with Crippen LogP contribution in [0.4, 0.5) is 0 Å². The van der Waals surface area contributed by atoms with Crippen molar-refractivity contribution in [3.63, 3.8) is 0 Å². The van der Waals surface area contributed by atoms with Crippen molar-refractivity contribution in [1.29, 1.82) is 0 Å². The molecule has 0 aromatic carbocycles. The molecule has 0 aromatic rings. The van der Waals surface area contributed by atoms with E-state index in [1.165, 1.54) is 12.8 Å². The lowest BCUT2D eigenvalue weighted by Crippen LogP contribution is -2.31. The van der Waals surface area contributed by atoms with Crippen LogP contribution < -0.4 is 5.32 Å². The van der Waals surface area contributed by atoms with E-state index >= 15 is 0 Å². The number of carbonyl (C=O) groups is 1. The van der Waals surface area contributed by atoms with Crippen LogP contribution in [0.25, 0.3) is 0 Å². The van der Waals surface area contributed by atoms with E-state index < -0.39 is 0 Å². The lowest BCUT2D eigenvalue weighted by molar-refractivity contribution is -0.109. The second kappa shape index (κ2) is 2.97. The van der Waals surface area contributed by atoms with Crippen LogP contribution in [-0.2, 0) is 4.79 Å². The lowest BCUT2D eigenvalue weighted by atomic mass is 10.2. The van der Waals surface area contributed by atoms with Crippen LogP contribution in [0.2, 0.25) is 0 Å². The van der Waals surface area contributed by atoms with E-state index in [4.69, 9.17) is 0 Å². The van der Waals surface area contributed by atoms with Crippen molar-refractivity contribution in [2.75, 3.05) is 0 Å². The molecule has 1 atom stereocenters. The Morgan fingerprint density at radius 1 is 1.78 bits per heavy atom. The van der Waals surface area contributed by atoms with Crippen LogP contribution in [0.3, 0.4) is 0 Å². The van der Waals surface area contributed by atoms with Gasteiger partial charge in [0.25, 0.3) is 0 Å². The van der Waals surface area contributed by atoms with Crippen molar-refractivity contribution in [2.45, 2.75) is 38.3 Å². The highest BCUT2D eigenvalue weighted by atomic mass is 16.1. The molecule has 0 heterocycles. The van der Waals surface area contributed by atoms with Gasteiger partial charge in [0.15, 0.2) is 0 Å². The molecule has 2 heteroatoms. The van der Waals surface area contributed by atoms with E-state index in [1.54, 1.807) is 0 Å². The first-order valence-corrected chi connectivity index (χ1v) is 3.58. The Labute approximate surface area is 55.6 Å². The van der Waals surface area contributed by atoms with Gasteiger partial charge >= 0.3 is 0 Å². The smallest absolute Gasteiger partial charge is 0.136 e. The molecule has 0 bridgehead atoms. The molecule has 1 unspecified atom stereocenters. The number of hydrogen-bond acceptors (Lipinski definition) is 2. The normalized spacial score (nSPS) is 21.4. The first-order valence-electron chi connectivity index (χ1n) is 3.58. The lowest BCUT2D eigenvalue weighted by Gasteiger charge is -2.06. The van der Waals surface area contributed by atoms with E-state index in [9.17, 15) is 4.79 Å². The molecule has 1 N–H and O–H groups in total. The maximum Gasteiger partial charge on any atom is 0.136 e. The molecule has 2 nitrogen and oxygen atoms in total. The third-order valence-electron chi connectivity index (χ3n) is 1.63. The first kappa shape index (κ1) is 6.75. The van der Waals surface area contributed by atoms with Gasteiger partial charge in [0.1, 0.15) is 6.29 Å². The van der Waals surface area contributed by atoms with Gasteiger partial charge in [-0.15, -0.1) is 0 Å². The molecule has 1 fully saturated rings. The van der Waals surface area contributed by atoms with Gasteiger partial charge < -0.3 is 10.1 Å². The van der Waals surface area contributed by atoms with Gasteiger partial charge in [0.05, 0.1) is 6.04 Å². The number of nitrogens with one attached hydrogen (secondary N) is 1. The third kappa shape index (κ3) is 2.14. The van der Waals surface area contributed by atoms with Gasteiger partial charge in [-0.25, -0.2) is 0 Å². The predicted octanol–water partition coefficient (Wildman–Crippen LogP) is 0.716. The number of hydrogen-bond donors (Lipinski definition) is 1. The Hall–Kier alpha value is -0.370. The minimum Gasteiger partial charge on any atom is -0.305 e. The fraction of sp³-hybridized carbons (Fsp3) is 0.857. The Morgan fingerprint density at radius 3 is 2.78 bits per heavy atom. The number of aldehydes is 1. The van der Waals surface area contributed by atoms with Crippen LogP contribution in [-0.4, -0.2) is 18.4 Å². The predicted molar refractivity (Wildman–Crippen MR) is 36.3 cm³/mol. The SMILES string of the molecule is CCC(C=O)NC1CC1. The molecule has 0 aromatic heterocycles. The number of rotatable bonds is 4. The van der Waals surface area contributed by atoms with Crippen LogP contribution in [0.15, 0.2) is 0 Å². The molecule has 0 radical (unpaired) electrons. The van der Waals surface area contributed by atoms with Gasteiger partial charge in [-0.3, -0.25) is 0 Å². The Morgan fingerprint density at radius 2 is 2.44 bits per heavy atom. The summed E-state index contributed by atoms with van der Waals surface area (Å²) in [7, 11) is 0. The molecule has 1 aliphatic rings. The monoisotopic (exact) mass is 127 g/mol. The molecule has 1 rings (SSSR count). The largest absolute Gasteiger partial charge is 0.305 e. The molecule has 0 spiro atoms. The number of carbonyl (C=O) groups excluding carboxylic acids is 1. The zero-order valence-electron chi connectivity index (χ0n) is 5.76. The van der Waals surface area contributed by atoms with Crippen molar-refractivity contribution in [3.8, 4) is 0 Å². The average molecular weight is 127 g/mol. The summed E-state index contributed by atoms with van der Waals surface area (Å²) < 4.78 is 0. The van der Waals surface area contributed by atoms with Crippen LogP contribution in [0.5, 0.6) is 0 Å². The van der Waals surface area contributed by atoms with Gasteiger partial charge in [0, 0.05) is 6.04 Å². The van der Waals surface area contributed by atoms with Crippen LogP contribution in [0.1, 0.15) is 26.2 Å². The van der Waals surface area contributed by atoms with E-state index in [-0.39, 0.29) is 6.04 Å². The van der Waals surface area contributed by atoms with Crippen LogP contribution in [0, 0.1) is 0 Å². The minimum absolute atomic E-state index is 0.109. The van der Waals surface area contributed by atoms with E-state index in [0.717, 1.165) is 12.7 Å². The van der Waals surface area contributed by atoms with Crippen molar-refractivity contribution < 1.29 is 4.79 Å². The van der Waals surface area contributed by atoms with Crippen molar-refractivity contribution in [3.05, 3.63) is 0 Å². The Balaban J connectivity index is 2.12. The molecule has 1 aliphatic carbocycles. The zero-order valence-corrected chi connectivity index (χ0v) is 5.76. The highest BCUT2D eigenvalue weighted by molar-refractivity contribution is 5.57. The van der Waals surface area contributed by atoms with Crippen molar-refractivity contribution in [1.82, 2.24) is 5.32 Å². The highest BCUT2D eigenvalue weighted by Crippen LogP contribution is 2.19. The minimum atomic E-state index is 0.109. The maximum atomic E-state index is 10.2. The summed E-state index contributed by atoms with van der Waals surface area (Å²) in [6.07, 6.45) is 4.42. The standard InChI is InChI=1S/C7H13NO/c1-2-6(5-9)8-7-3-4-7/h5-8H,2-4H2,1H3. The summed E-state index contributed by atoms with van der Waals surface area (Å²) in [5, 5.41) is 3.22. The third-order valence-corrected chi connectivity index (χ3v) is 1.63. The first-order chi connectivity index (χ1) is 4.36. The van der Waals surface area contributed by atoms with Crippen molar-refractivity contribution >= 4 is 6.29 Å². The Bertz CT molecular complexity index is 99.1. The molecule has 0 saturated heterocycles. The fourth-order valence-corrected chi connectivity index (χ4v) is 0.806. The van der Waals surface area contributed by atoms with Gasteiger partial charge in [-0.05, 0) is 19.3 Å². The summed E-state index contributed by atoms with van der Waals surface area (Å²) in [6, 6.07) is 0.762. The molecule has 0 aliphatic heterocycles.